The molecule has 0 spiro atoms. The van der Waals surface area contributed by atoms with Gasteiger partial charge in [0.15, 0.2) is 0 Å². The molecule has 2 N–H and O–H groups in total. The predicted molar refractivity (Wildman–Crippen MR) is 81.6 cm³/mol. The molecular weight excluding hydrogens is 258 g/mol. The van der Waals surface area contributed by atoms with E-state index in [0.29, 0.717) is 11.6 Å². The minimum atomic E-state index is 0.402. The molecule has 2 rings (SSSR count). The van der Waals surface area contributed by atoms with Crippen molar-refractivity contribution >= 4 is 17.4 Å². The summed E-state index contributed by atoms with van der Waals surface area (Å²) in [6, 6.07) is 3.93. The third-order valence-electron chi connectivity index (χ3n) is 3.97. The van der Waals surface area contributed by atoms with Crippen molar-refractivity contribution in [3.05, 3.63) is 22.8 Å². The quantitative estimate of drug-likeness (QED) is 0.917. The summed E-state index contributed by atoms with van der Waals surface area (Å²) in [5.74, 6) is 1.92. The van der Waals surface area contributed by atoms with Crippen molar-refractivity contribution in [1.29, 1.82) is 0 Å². The molecule has 1 atom stereocenters. The van der Waals surface area contributed by atoms with Gasteiger partial charge in [-0.2, -0.15) is 0 Å². The molecule has 19 heavy (non-hydrogen) atoms. The first-order valence-corrected chi connectivity index (χ1v) is 7.72. The van der Waals surface area contributed by atoms with E-state index in [9.17, 15) is 0 Å². The molecule has 0 bridgehead atoms. The summed E-state index contributed by atoms with van der Waals surface area (Å²) in [5.41, 5.74) is 6.48. The van der Waals surface area contributed by atoms with Gasteiger partial charge >= 0.3 is 0 Å². The van der Waals surface area contributed by atoms with Gasteiger partial charge in [-0.15, -0.1) is 0 Å². The average molecular weight is 282 g/mol. The van der Waals surface area contributed by atoms with E-state index in [2.05, 4.69) is 16.8 Å². The van der Waals surface area contributed by atoms with Crippen LogP contribution < -0.4 is 10.6 Å². The van der Waals surface area contributed by atoms with Crippen LogP contribution in [0.1, 0.15) is 44.7 Å². The fourth-order valence-corrected chi connectivity index (χ4v) is 3.07. The Labute approximate surface area is 121 Å². The monoisotopic (exact) mass is 281 g/mol. The Bertz CT molecular complexity index is 408. The Hall–Kier alpha value is -0.800. The van der Waals surface area contributed by atoms with E-state index < -0.39 is 0 Å². The summed E-state index contributed by atoms with van der Waals surface area (Å²) in [6.07, 6.45) is 6.53. The third-order valence-corrected chi connectivity index (χ3v) is 4.31. The largest absolute Gasteiger partial charge is 0.357 e. The number of halogens is 1. The highest BCUT2D eigenvalue weighted by Gasteiger charge is 2.17. The molecule has 1 aliphatic heterocycles. The van der Waals surface area contributed by atoms with Gasteiger partial charge in [0.2, 0.25) is 0 Å². The fraction of sp³-hybridized carbons (Fsp3) is 0.667. The lowest BCUT2D eigenvalue weighted by molar-refractivity contribution is 0.435. The van der Waals surface area contributed by atoms with E-state index in [1.165, 1.54) is 32.1 Å². The molecule has 4 heteroatoms. The van der Waals surface area contributed by atoms with Gasteiger partial charge in [-0.05, 0) is 37.3 Å². The minimum absolute atomic E-state index is 0.402. The molecule has 0 aromatic carbocycles. The van der Waals surface area contributed by atoms with Crippen molar-refractivity contribution < 1.29 is 0 Å². The maximum atomic E-state index is 6.07. The Morgan fingerprint density at radius 2 is 2.21 bits per heavy atom. The molecule has 1 unspecified atom stereocenters. The first-order chi connectivity index (χ1) is 9.24. The van der Waals surface area contributed by atoms with Crippen molar-refractivity contribution in [1.82, 2.24) is 4.98 Å². The Balaban J connectivity index is 2.05. The Morgan fingerprint density at radius 1 is 1.37 bits per heavy atom. The highest BCUT2D eigenvalue weighted by molar-refractivity contribution is 6.31. The molecule has 1 aliphatic rings. The van der Waals surface area contributed by atoms with E-state index >= 15 is 0 Å². The number of pyridine rings is 1. The molecule has 0 radical (unpaired) electrons. The SMILES string of the molecule is CCCC1CCCN(c2ccc(Cl)c(CN)n2)CC1. The summed E-state index contributed by atoms with van der Waals surface area (Å²) in [4.78, 5) is 6.98. The molecule has 0 saturated carbocycles. The van der Waals surface area contributed by atoms with Crippen molar-refractivity contribution in [2.24, 2.45) is 11.7 Å². The Morgan fingerprint density at radius 3 is 2.95 bits per heavy atom. The fourth-order valence-electron chi connectivity index (χ4n) is 2.88. The predicted octanol–water partition coefficient (Wildman–Crippen LogP) is 3.60. The molecule has 1 aromatic rings. The number of anilines is 1. The summed E-state index contributed by atoms with van der Waals surface area (Å²) < 4.78 is 0. The normalized spacial score (nSPS) is 20.4. The maximum absolute atomic E-state index is 6.07. The number of nitrogens with zero attached hydrogens (tertiary/aromatic N) is 2. The van der Waals surface area contributed by atoms with E-state index in [4.69, 9.17) is 17.3 Å². The zero-order chi connectivity index (χ0) is 13.7. The van der Waals surface area contributed by atoms with E-state index in [1.807, 2.05) is 12.1 Å². The van der Waals surface area contributed by atoms with Gasteiger partial charge in [-0.25, -0.2) is 4.98 Å². The molecule has 0 amide bonds. The standard InChI is InChI=1S/C15H24ClN3/c1-2-4-12-5-3-9-19(10-8-12)15-7-6-13(16)14(11-17)18-15/h6-7,12H,2-5,8-11,17H2,1H3. The van der Waals surface area contributed by atoms with Crippen molar-refractivity contribution in [2.75, 3.05) is 18.0 Å². The minimum Gasteiger partial charge on any atom is -0.357 e. The van der Waals surface area contributed by atoms with Crippen molar-refractivity contribution in [2.45, 2.75) is 45.6 Å². The second-order valence-corrected chi connectivity index (χ2v) is 5.78. The van der Waals surface area contributed by atoms with Gasteiger partial charge in [0.05, 0.1) is 10.7 Å². The van der Waals surface area contributed by atoms with Crippen LogP contribution in [0.4, 0.5) is 5.82 Å². The van der Waals surface area contributed by atoms with Gasteiger partial charge in [-0.3, -0.25) is 0 Å². The second kappa shape index (κ2) is 7.11. The summed E-state index contributed by atoms with van der Waals surface area (Å²) >= 11 is 6.07. The molecule has 1 aromatic heterocycles. The van der Waals surface area contributed by atoms with Crippen LogP contribution in [0.25, 0.3) is 0 Å². The molecule has 1 fully saturated rings. The van der Waals surface area contributed by atoms with Crippen LogP contribution in [-0.2, 0) is 6.54 Å². The van der Waals surface area contributed by atoms with Gasteiger partial charge in [-0.1, -0.05) is 31.4 Å². The number of aromatic nitrogens is 1. The summed E-state index contributed by atoms with van der Waals surface area (Å²) in [7, 11) is 0. The number of hydrogen-bond donors (Lipinski definition) is 1. The first kappa shape index (κ1) is 14.6. The number of hydrogen-bond acceptors (Lipinski definition) is 3. The van der Waals surface area contributed by atoms with E-state index in [1.54, 1.807) is 0 Å². The molecule has 2 heterocycles. The van der Waals surface area contributed by atoms with Crippen LogP contribution in [0.15, 0.2) is 12.1 Å². The lowest BCUT2D eigenvalue weighted by Gasteiger charge is -2.22. The molecule has 1 saturated heterocycles. The van der Waals surface area contributed by atoms with Crippen LogP contribution in [0.2, 0.25) is 5.02 Å². The van der Waals surface area contributed by atoms with Crippen molar-refractivity contribution in [3.8, 4) is 0 Å². The van der Waals surface area contributed by atoms with E-state index in [0.717, 1.165) is 30.5 Å². The summed E-state index contributed by atoms with van der Waals surface area (Å²) in [6.45, 7) is 4.87. The van der Waals surface area contributed by atoms with Gasteiger partial charge in [0.25, 0.3) is 0 Å². The lowest BCUT2D eigenvalue weighted by atomic mass is 9.96. The zero-order valence-corrected chi connectivity index (χ0v) is 12.5. The van der Waals surface area contributed by atoms with Crippen LogP contribution in [-0.4, -0.2) is 18.1 Å². The van der Waals surface area contributed by atoms with Crippen LogP contribution in [0.5, 0.6) is 0 Å². The highest BCUT2D eigenvalue weighted by Crippen LogP contribution is 2.26. The van der Waals surface area contributed by atoms with Crippen LogP contribution >= 0.6 is 11.6 Å². The molecular formula is C15H24ClN3. The third kappa shape index (κ3) is 3.83. The second-order valence-electron chi connectivity index (χ2n) is 5.37. The number of nitrogens with two attached hydrogens (primary N) is 1. The number of rotatable bonds is 4. The average Bonchev–Trinajstić information content (AvgIpc) is 2.66. The van der Waals surface area contributed by atoms with Crippen LogP contribution in [0, 0.1) is 5.92 Å². The van der Waals surface area contributed by atoms with E-state index in [-0.39, 0.29) is 0 Å². The molecule has 106 valence electrons. The van der Waals surface area contributed by atoms with Crippen molar-refractivity contribution in [3.63, 3.8) is 0 Å². The molecule has 0 aliphatic carbocycles. The van der Waals surface area contributed by atoms with Gasteiger partial charge in [0, 0.05) is 19.6 Å². The topological polar surface area (TPSA) is 42.1 Å². The van der Waals surface area contributed by atoms with Gasteiger partial charge in [0.1, 0.15) is 5.82 Å². The first-order valence-electron chi connectivity index (χ1n) is 7.35. The molecule has 3 nitrogen and oxygen atoms in total. The Kier molecular flexibility index (Phi) is 5.46. The lowest BCUT2D eigenvalue weighted by Crippen LogP contribution is -2.25. The highest BCUT2D eigenvalue weighted by atomic mass is 35.5. The van der Waals surface area contributed by atoms with Gasteiger partial charge < -0.3 is 10.6 Å². The smallest absolute Gasteiger partial charge is 0.128 e. The summed E-state index contributed by atoms with van der Waals surface area (Å²) in [5, 5.41) is 0.671. The maximum Gasteiger partial charge on any atom is 0.128 e. The zero-order valence-electron chi connectivity index (χ0n) is 11.7. The van der Waals surface area contributed by atoms with Crippen LogP contribution in [0.3, 0.4) is 0 Å².